The van der Waals surface area contributed by atoms with Gasteiger partial charge < -0.3 is 45.1 Å². The van der Waals surface area contributed by atoms with E-state index in [1.54, 1.807) is 6.08 Å². The third-order valence-electron chi connectivity index (χ3n) is 13.8. The number of aliphatic hydroxyl groups excluding tert-OH is 5. The zero-order chi connectivity index (χ0) is 54.7. The van der Waals surface area contributed by atoms with Crippen LogP contribution in [-0.4, -0.2) is 99.6 Å². The van der Waals surface area contributed by atoms with Crippen LogP contribution in [0, 0.1) is 0 Å². The molecule has 1 saturated heterocycles. The number of hydrogen-bond donors (Lipinski definition) is 6. The van der Waals surface area contributed by atoms with Crippen molar-refractivity contribution in [1.82, 2.24) is 5.32 Å². The fourth-order valence-electron chi connectivity index (χ4n) is 8.97. The van der Waals surface area contributed by atoms with E-state index in [1.807, 2.05) is 18.2 Å². The monoisotopic (exact) mass is 1050 g/mol. The fourth-order valence-corrected chi connectivity index (χ4v) is 8.97. The van der Waals surface area contributed by atoms with Crippen molar-refractivity contribution in [3.8, 4) is 0 Å². The van der Waals surface area contributed by atoms with Gasteiger partial charge in [-0.25, -0.2) is 0 Å². The van der Waals surface area contributed by atoms with Crippen molar-refractivity contribution in [3.63, 3.8) is 0 Å². The first kappa shape index (κ1) is 69.9. The Labute approximate surface area is 457 Å². The van der Waals surface area contributed by atoms with Gasteiger partial charge >= 0.3 is 5.97 Å². The molecule has 1 aliphatic heterocycles. The van der Waals surface area contributed by atoms with Crippen molar-refractivity contribution in [1.29, 1.82) is 0 Å². The number of esters is 1. The maximum atomic E-state index is 13.4. The Balaban J connectivity index is 2.71. The molecule has 0 aromatic carbocycles. The Morgan fingerprint density at radius 2 is 0.960 bits per heavy atom. The molecule has 0 spiro atoms. The second-order valence-electron chi connectivity index (χ2n) is 20.7. The summed E-state index contributed by atoms with van der Waals surface area (Å²) in [6.07, 6.45) is 56.3. The molecule has 1 amide bonds. The molecule has 432 valence electrons. The highest BCUT2D eigenvalue weighted by Gasteiger charge is 2.47. The highest BCUT2D eigenvalue weighted by molar-refractivity contribution is 5.80. The molecular weight excluding hydrogens is 943 g/mol. The Kier molecular flexibility index (Phi) is 48.0. The molecule has 1 heterocycles. The zero-order valence-electron chi connectivity index (χ0n) is 47.6. The minimum Gasteiger partial charge on any atom is -0.454 e. The average Bonchev–Trinajstić information content (AvgIpc) is 3.41. The van der Waals surface area contributed by atoms with Crippen LogP contribution in [-0.2, 0) is 23.8 Å². The minimum absolute atomic E-state index is 0.112. The van der Waals surface area contributed by atoms with Gasteiger partial charge in [-0.1, -0.05) is 234 Å². The largest absolute Gasteiger partial charge is 0.454 e. The van der Waals surface area contributed by atoms with Crippen molar-refractivity contribution >= 4 is 11.9 Å². The maximum absolute atomic E-state index is 13.4. The lowest BCUT2D eigenvalue weighted by atomic mass is 9.99. The highest BCUT2D eigenvalue weighted by Crippen LogP contribution is 2.26. The molecular formula is C64H111NO10. The normalized spacial score (nSPS) is 19.8. The summed E-state index contributed by atoms with van der Waals surface area (Å²) in [7, 11) is 0. The molecule has 0 bridgehead atoms. The molecule has 0 aromatic rings. The zero-order valence-corrected chi connectivity index (χ0v) is 47.6. The quantitative estimate of drug-likeness (QED) is 0.0195. The van der Waals surface area contributed by atoms with Gasteiger partial charge in [0.05, 0.1) is 25.4 Å². The van der Waals surface area contributed by atoms with Gasteiger partial charge in [0.15, 0.2) is 12.4 Å². The Morgan fingerprint density at radius 1 is 0.533 bits per heavy atom. The third kappa shape index (κ3) is 39.8. The van der Waals surface area contributed by atoms with Gasteiger partial charge in [-0.05, 0) is 89.9 Å². The number of hydrogen-bond acceptors (Lipinski definition) is 10. The van der Waals surface area contributed by atoms with Crippen LogP contribution in [0.4, 0.5) is 0 Å². The van der Waals surface area contributed by atoms with E-state index in [2.05, 4.69) is 86.8 Å². The summed E-state index contributed by atoms with van der Waals surface area (Å²) in [5.41, 5.74) is 0. The van der Waals surface area contributed by atoms with Crippen molar-refractivity contribution in [2.24, 2.45) is 0 Å². The molecule has 8 unspecified atom stereocenters. The minimum atomic E-state index is -1.63. The van der Waals surface area contributed by atoms with Crippen molar-refractivity contribution < 1.29 is 49.3 Å². The van der Waals surface area contributed by atoms with Crippen LogP contribution in [0.5, 0.6) is 0 Å². The van der Waals surface area contributed by atoms with Crippen molar-refractivity contribution in [3.05, 3.63) is 85.1 Å². The first-order chi connectivity index (χ1) is 36.7. The summed E-state index contributed by atoms with van der Waals surface area (Å²) in [5, 5.41) is 56.8. The summed E-state index contributed by atoms with van der Waals surface area (Å²) < 4.78 is 17.6. The molecule has 1 rings (SSSR count). The number of nitrogens with one attached hydrogen (secondary N) is 1. The lowest BCUT2D eigenvalue weighted by Crippen LogP contribution is -2.61. The second-order valence-corrected chi connectivity index (χ2v) is 20.7. The molecule has 0 saturated carbocycles. The number of allylic oxidation sites excluding steroid dienone is 13. The van der Waals surface area contributed by atoms with Crippen molar-refractivity contribution in [2.75, 3.05) is 13.2 Å². The van der Waals surface area contributed by atoms with Crippen molar-refractivity contribution in [2.45, 2.75) is 294 Å². The summed E-state index contributed by atoms with van der Waals surface area (Å²) in [6, 6.07) is -1.06. The Hall–Kier alpha value is -3.16. The van der Waals surface area contributed by atoms with Crippen LogP contribution in [0.1, 0.15) is 245 Å². The molecule has 1 fully saturated rings. The summed E-state index contributed by atoms with van der Waals surface area (Å²) in [5.74, 6) is -1.26. The molecule has 0 aromatic heterocycles. The first-order valence-corrected chi connectivity index (χ1v) is 30.4. The van der Waals surface area contributed by atoms with E-state index in [0.717, 1.165) is 77.0 Å². The summed E-state index contributed by atoms with van der Waals surface area (Å²) >= 11 is 0. The molecule has 8 atom stereocenters. The standard InChI is InChI=1S/C64H111NO10/c1-4-7-10-13-16-19-22-24-26-28-29-30-32-34-37-40-43-46-49-52-59(69)75-62-61(71)60(70)58(53-66)74-64(62)73-54-55(56(67)50-47-44-41-38-35-21-18-15-12-9-6-3)65-63(72)57(68)51-48-45-42-39-36-33-31-27-25-23-20-17-14-11-8-5-2/h8,11,17,20,24-27,33,36,42,45,47,50,55-58,60-62,64,66-68,70-71H,4-7,9-10,12-16,18-19,21-23,28-32,34-35,37-41,43-44,46,48-49,51-54H2,1-3H3,(H,65,72)/b11-8-,20-17-,26-24+,27-25-,36-33-,45-42-,50-47+. The topological polar surface area (TPSA) is 175 Å². The van der Waals surface area contributed by atoms with E-state index in [4.69, 9.17) is 14.2 Å². The van der Waals surface area contributed by atoms with E-state index < -0.39 is 67.4 Å². The molecule has 11 nitrogen and oxygen atoms in total. The maximum Gasteiger partial charge on any atom is 0.306 e. The molecule has 11 heteroatoms. The number of rotatable bonds is 50. The predicted octanol–water partition coefficient (Wildman–Crippen LogP) is 14.2. The Morgan fingerprint density at radius 3 is 1.44 bits per heavy atom. The van der Waals surface area contributed by atoms with Crippen LogP contribution in [0.3, 0.4) is 0 Å². The third-order valence-corrected chi connectivity index (χ3v) is 13.8. The van der Waals surface area contributed by atoms with Gasteiger partial charge in [0, 0.05) is 6.42 Å². The second kappa shape index (κ2) is 51.6. The average molecular weight is 1050 g/mol. The molecule has 1 aliphatic rings. The molecule has 0 radical (unpaired) electrons. The van der Waals surface area contributed by atoms with Gasteiger partial charge in [0.2, 0.25) is 5.91 Å². The smallest absolute Gasteiger partial charge is 0.306 e. The van der Waals surface area contributed by atoms with E-state index in [0.29, 0.717) is 12.8 Å². The number of unbranched alkanes of at least 4 members (excludes halogenated alkanes) is 24. The predicted molar refractivity (Wildman–Crippen MR) is 310 cm³/mol. The first-order valence-electron chi connectivity index (χ1n) is 30.4. The van der Waals surface area contributed by atoms with Crippen LogP contribution >= 0.6 is 0 Å². The van der Waals surface area contributed by atoms with Crippen LogP contribution in [0.25, 0.3) is 0 Å². The lowest BCUT2D eigenvalue weighted by molar-refractivity contribution is -0.305. The molecule has 6 N–H and O–H groups in total. The lowest BCUT2D eigenvalue weighted by Gasteiger charge is -2.41. The fraction of sp³-hybridized carbons (Fsp3) is 0.750. The summed E-state index contributed by atoms with van der Waals surface area (Å²) in [6.45, 7) is 5.62. The number of carbonyl (C=O) groups is 2. The van der Waals surface area contributed by atoms with Crippen LogP contribution in [0.2, 0.25) is 0 Å². The number of carbonyl (C=O) groups excluding carboxylic acids is 2. The number of amides is 1. The van der Waals surface area contributed by atoms with E-state index in [9.17, 15) is 35.1 Å². The SMILES string of the molecule is CC/C=C\C/C=C\C/C=C\C/C=C\C/C=C\CCC(O)C(=O)NC(COC1OC(CO)C(O)C(O)C1OC(=O)CCCCCCCCCCC/C=C/CCCCCCCC)C(O)/C=C/CCCCCCCCCCC. The van der Waals surface area contributed by atoms with Crippen LogP contribution < -0.4 is 5.32 Å². The van der Waals surface area contributed by atoms with Gasteiger partial charge in [-0.15, -0.1) is 0 Å². The van der Waals surface area contributed by atoms with Gasteiger partial charge in [-0.3, -0.25) is 9.59 Å². The molecule has 75 heavy (non-hydrogen) atoms. The Bertz CT molecular complexity index is 1540. The molecule has 0 aliphatic carbocycles. The van der Waals surface area contributed by atoms with E-state index in [1.165, 1.54) is 122 Å². The summed E-state index contributed by atoms with van der Waals surface area (Å²) in [4.78, 5) is 26.5. The van der Waals surface area contributed by atoms with E-state index in [-0.39, 0.29) is 19.4 Å². The number of aliphatic hydroxyl groups is 5. The van der Waals surface area contributed by atoms with E-state index >= 15 is 0 Å². The van der Waals surface area contributed by atoms with Gasteiger partial charge in [0.25, 0.3) is 0 Å². The number of ether oxygens (including phenoxy) is 3. The van der Waals surface area contributed by atoms with Crippen LogP contribution in [0.15, 0.2) is 85.1 Å². The van der Waals surface area contributed by atoms with Gasteiger partial charge in [0.1, 0.15) is 24.4 Å². The highest BCUT2D eigenvalue weighted by atomic mass is 16.7. The van der Waals surface area contributed by atoms with Gasteiger partial charge in [-0.2, -0.15) is 0 Å².